The molecule has 3 aliphatic carbocycles. The number of allylic oxidation sites excluding steroid dienone is 4. The largest absolute Gasteiger partial charge is 0.456 e. The van der Waals surface area contributed by atoms with Crippen LogP contribution in [0.25, 0.3) is 72.8 Å². The lowest BCUT2D eigenvalue weighted by Crippen LogP contribution is -2.16. The molecule has 236 valence electrons. The summed E-state index contributed by atoms with van der Waals surface area (Å²) in [5.74, 6) is 1.97. The van der Waals surface area contributed by atoms with Gasteiger partial charge in [-0.2, -0.15) is 0 Å². The maximum atomic E-state index is 6.29. The molecule has 3 aliphatic rings. The molecule has 0 N–H and O–H groups in total. The first-order valence-corrected chi connectivity index (χ1v) is 17.3. The van der Waals surface area contributed by atoms with Crippen molar-refractivity contribution in [1.29, 1.82) is 0 Å². The van der Waals surface area contributed by atoms with Gasteiger partial charge in [0.25, 0.3) is 0 Å². The molecule has 0 spiro atoms. The Morgan fingerprint density at radius 1 is 0.531 bits per heavy atom. The van der Waals surface area contributed by atoms with Crippen molar-refractivity contribution >= 4 is 27.5 Å². The Labute approximate surface area is 285 Å². The summed E-state index contributed by atoms with van der Waals surface area (Å²) in [4.78, 5) is 15.5. The zero-order valence-electron chi connectivity index (χ0n) is 28.1. The molecule has 0 bridgehead atoms. The van der Waals surface area contributed by atoms with Gasteiger partial charge in [0.1, 0.15) is 11.2 Å². The minimum Gasteiger partial charge on any atom is -0.456 e. The number of aromatic nitrogens is 3. The van der Waals surface area contributed by atoms with Gasteiger partial charge in [0, 0.05) is 38.3 Å². The van der Waals surface area contributed by atoms with Crippen molar-refractivity contribution in [3.63, 3.8) is 0 Å². The Morgan fingerprint density at radius 2 is 1.12 bits per heavy atom. The highest BCUT2D eigenvalue weighted by Crippen LogP contribution is 2.51. The van der Waals surface area contributed by atoms with Crippen LogP contribution in [0.1, 0.15) is 62.8 Å². The second-order valence-corrected chi connectivity index (χ2v) is 14.8. The Kier molecular flexibility index (Phi) is 5.77. The molecule has 0 amide bonds. The number of nitrogens with zero attached hydrogens (tertiary/aromatic N) is 3. The first kappa shape index (κ1) is 28.4. The average molecular weight is 634 g/mol. The van der Waals surface area contributed by atoms with Gasteiger partial charge >= 0.3 is 0 Å². The standard InChI is InChI=1S/C45H35N3O/c1-44(2)35-14-8-5-11-29(35)31-20-17-26(23-37(31)44)41-46-42(27-18-21-32-30-12-6-9-15-36(30)45(3,4)38(32)24-27)48-43(47-41)28-19-22-34-33-13-7-10-16-39(33)49-40(34)25-28/h5,7-11,13-25H,6,12H2,1-4H3. The molecular weight excluding hydrogens is 599 g/mol. The Hall–Kier alpha value is -5.61. The number of rotatable bonds is 3. The monoisotopic (exact) mass is 633 g/mol. The van der Waals surface area contributed by atoms with Crippen LogP contribution < -0.4 is 0 Å². The van der Waals surface area contributed by atoms with Crippen LogP contribution >= 0.6 is 0 Å². The van der Waals surface area contributed by atoms with Crippen LogP contribution in [-0.4, -0.2) is 15.0 Å². The van der Waals surface area contributed by atoms with E-state index in [0.29, 0.717) is 17.5 Å². The third-order valence-electron chi connectivity index (χ3n) is 11.2. The molecule has 0 radical (unpaired) electrons. The second kappa shape index (κ2) is 9.96. The summed E-state index contributed by atoms with van der Waals surface area (Å²) in [6.45, 7) is 9.29. The molecular formula is C45H35N3O. The van der Waals surface area contributed by atoms with Crippen molar-refractivity contribution in [2.45, 2.75) is 51.4 Å². The van der Waals surface area contributed by atoms with E-state index in [1.165, 1.54) is 44.5 Å². The van der Waals surface area contributed by atoms with Gasteiger partial charge in [-0.15, -0.1) is 0 Å². The first-order chi connectivity index (χ1) is 23.8. The van der Waals surface area contributed by atoms with E-state index in [0.717, 1.165) is 51.5 Å². The van der Waals surface area contributed by atoms with Crippen molar-refractivity contribution in [2.75, 3.05) is 0 Å². The lowest BCUT2D eigenvalue weighted by Gasteiger charge is -2.24. The van der Waals surface area contributed by atoms with E-state index in [9.17, 15) is 0 Å². The van der Waals surface area contributed by atoms with Crippen LogP contribution in [0.5, 0.6) is 0 Å². The van der Waals surface area contributed by atoms with E-state index in [1.807, 2.05) is 18.2 Å². The van der Waals surface area contributed by atoms with Gasteiger partial charge in [0.05, 0.1) is 0 Å². The molecule has 10 rings (SSSR count). The van der Waals surface area contributed by atoms with Crippen molar-refractivity contribution in [1.82, 2.24) is 15.0 Å². The summed E-state index contributed by atoms with van der Waals surface area (Å²) < 4.78 is 6.29. The van der Waals surface area contributed by atoms with Crippen molar-refractivity contribution < 1.29 is 4.42 Å². The quantitative estimate of drug-likeness (QED) is 0.194. The number of fused-ring (bicyclic) bond motifs is 8. The Balaban J connectivity index is 1.16. The van der Waals surface area contributed by atoms with Crippen LogP contribution in [-0.2, 0) is 10.8 Å². The van der Waals surface area contributed by atoms with Crippen LogP contribution in [0.4, 0.5) is 0 Å². The van der Waals surface area contributed by atoms with Gasteiger partial charge in [0.15, 0.2) is 17.5 Å². The van der Waals surface area contributed by atoms with Crippen molar-refractivity contribution in [3.8, 4) is 45.3 Å². The number of hydrogen-bond acceptors (Lipinski definition) is 4. The molecule has 0 unspecified atom stereocenters. The van der Waals surface area contributed by atoms with Gasteiger partial charge in [-0.3, -0.25) is 0 Å². The minimum absolute atomic E-state index is 0.0802. The highest BCUT2D eigenvalue weighted by molar-refractivity contribution is 6.05. The maximum Gasteiger partial charge on any atom is 0.164 e. The number of benzene rings is 5. The Morgan fingerprint density at radius 3 is 1.90 bits per heavy atom. The SMILES string of the molecule is CC1(C)C2=C(CCC=C2)c2ccc(-c3nc(-c4ccc5c(c4)C(C)(C)c4ccccc4-5)nc(-c4ccc5c(c4)oc4ccccc45)n3)cc21. The predicted octanol–water partition coefficient (Wildman–Crippen LogP) is 11.5. The fourth-order valence-corrected chi connectivity index (χ4v) is 8.61. The van der Waals surface area contributed by atoms with Gasteiger partial charge in [-0.1, -0.05) is 113 Å². The summed E-state index contributed by atoms with van der Waals surface area (Å²) in [6, 6.07) is 36.7. The fourth-order valence-electron chi connectivity index (χ4n) is 8.61. The third kappa shape index (κ3) is 4.07. The van der Waals surface area contributed by atoms with Gasteiger partial charge in [-0.25, -0.2) is 15.0 Å². The van der Waals surface area contributed by atoms with Crippen LogP contribution in [0.2, 0.25) is 0 Å². The average Bonchev–Trinajstić information content (AvgIpc) is 3.70. The lowest BCUT2D eigenvalue weighted by molar-refractivity contribution is 0.651. The molecule has 5 aromatic carbocycles. The summed E-state index contributed by atoms with van der Waals surface area (Å²) in [6.07, 6.45) is 6.83. The maximum absolute atomic E-state index is 6.29. The molecule has 49 heavy (non-hydrogen) atoms. The molecule has 2 heterocycles. The minimum atomic E-state index is -0.126. The third-order valence-corrected chi connectivity index (χ3v) is 11.2. The molecule has 0 saturated heterocycles. The summed E-state index contributed by atoms with van der Waals surface area (Å²) >= 11 is 0. The topological polar surface area (TPSA) is 51.8 Å². The van der Waals surface area contributed by atoms with Crippen LogP contribution in [0.15, 0.2) is 125 Å². The lowest BCUT2D eigenvalue weighted by atomic mass is 9.79. The summed E-state index contributed by atoms with van der Waals surface area (Å²) in [5, 5.41) is 2.19. The highest BCUT2D eigenvalue weighted by atomic mass is 16.3. The second-order valence-electron chi connectivity index (χ2n) is 14.8. The molecule has 2 aromatic heterocycles. The van der Waals surface area contributed by atoms with E-state index < -0.39 is 0 Å². The van der Waals surface area contributed by atoms with Crippen LogP contribution in [0.3, 0.4) is 0 Å². The van der Waals surface area contributed by atoms with Crippen molar-refractivity contribution in [2.24, 2.45) is 0 Å². The molecule has 4 heteroatoms. The summed E-state index contributed by atoms with van der Waals surface area (Å²) in [7, 11) is 0. The molecule has 0 saturated carbocycles. The number of para-hydroxylation sites is 1. The predicted molar refractivity (Wildman–Crippen MR) is 199 cm³/mol. The smallest absolute Gasteiger partial charge is 0.164 e. The van der Waals surface area contributed by atoms with Crippen LogP contribution in [0, 0.1) is 0 Å². The van der Waals surface area contributed by atoms with E-state index in [4.69, 9.17) is 19.4 Å². The Bertz CT molecular complexity index is 2620. The zero-order valence-corrected chi connectivity index (χ0v) is 28.1. The molecule has 0 fully saturated rings. The normalized spacial score (nSPS) is 16.6. The summed E-state index contributed by atoms with van der Waals surface area (Å²) in [5.41, 5.74) is 15.2. The number of hydrogen-bond donors (Lipinski definition) is 0. The van der Waals surface area contributed by atoms with E-state index in [1.54, 1.807) is 0 Å². The molecule has 7 aromatic rings. The van der Waals surface area contributed by atoms with Gasteiger partial charge < -0.3 is 4.42 Å². The van der Waals surface area contributed by atoms with Gasteiger partial charge in [-0.05, 0) is 87.7 Å². The molecule has 0 aliphatic heterocycles. The number of furan rings is 1. The van der Waals surface area contributed by atoms with E-state index in [-0.39, 0.29) is 10.8 Å². The van der Waals surface area contributed by atoms with E-state index >= 15 is 0 Å². The van der Waals surface area contributed by atoms with Gasteiger partial charge in [0.2, 0.25) is 0 Å². The first-order valence-electron chi connectivity index (χ1n) is 17.3. The molecule has 4 nitrogen and oxygen atoms in total. The molecule has 0 atom stereocenters. The van der Waals surface area contributed by atoms with E-state index in [2.05, 4.69) is 125 Å². The highest BCUT2D eigenvalue weighted by Gasteiger charge is 2.38. The zero-order chi connectivity index (χ0) is 33.1. The van der Waals surface area contributed by atoms with Crippen molar-refractivity contribution in [3.05, 3.63) is 143 Å². The fraction of sp³-hybridized carbons (Fsp3) is 0.178.